The zero-order valence-corrected chi connectivity index (χ0v) is 18.6. The summed E-state index contributed by atoms with van der Waals surface area (Å²) in [5.41, 5.74) is 1.30. The number of hydrogen-bond donors (Lipinski definition) is 2. The number of anilines is 1. The smallest absolute Gasteiger partial charge is 0.335 e. The Morgan fingerprint density at radius 3 is 2.34 bits per heavy atom. The van der Waals surface area contributed by atoms with E-state index in [0.29, 0.717) is 23.7 Å². The normalized spacial score (nSPS) is 14.6. The Labute approximate surface area is 200 Å². The van der Waals surface area contributed by atoms with Gasteiger partial charge in [0.2, 0.25) is 0 Å². The number of rotatable bonds is 7. The maximum atomic E-state index is 13.1. The maximum Gasteiger partial charge on any atom is 0.335 e. The maximum absolute atomic E-state index is 13.1. The molecule has 1 saturated heterocycles. The van der Waals surface area contributed by atoms with Gasteiger partial charge in [0.15, 0.2) is 11.5 Å². The fourth-order valence-corrected chi connectivity index (χ4v) is 3.44. The summed E-state index contributed by atoms with van der Waals surface area (Å²) in [5, 5.41) is 11.2. The highest BCUT2D eigenvalue weighted by Crippen LogP contribution is 2.30. The number of hydrogen-bond acceptors (Lipinski definition) is 6. The number of aromatic carboxylic acids is 1. The average Bonchev–Trinajstić information content (AvgIpc) is 2.86. The number of urea groups is 1. The molecule has 0 radical (unpaired) electrons. The molecule has 35 heavy (non-hydrogen) atoms. The number of ether oxygens (including phenoxy) is 2. The summed E-state index contributed by atoms with van der Waals surface area (Å²) in [4.78, 5) is 49.7. The summed E-state index contributed by atoms with van der Waals surface area (Å²) in [5.74, 6) is -1.96. The molecular weight excluding hydrogens is 452 g/mol. The van der Waals surface area contributed by atoms with E-state index in [4.69, 9.17) is 14.6 Å². The molecule has 9 nitrogen and oxygen atoms in total. The summed E-state index contributed by atoms with van der Waals surface area (Å²) in [6.45, 7) is 0.330. The standard InChI is InChI=1S/C26H20N2O7/c1-34-22-14-17(7-12-21(22)35-15-16-5-3-2-4-6-16)13-20-23(29)27-26(33)28(24(20)30)19-10-8-18(9-11-19)25(31)32/h2-14H,15H2,1H3,(H,31,32)(H,27,29,33)/b20-13+. The summed E-state index contributed by atoms with van der Waals surface area (Å²) in [6.07, 6.45) is 1.34. The number of nitrogens with one attached hydrogen (secondary N) is 1. The van der Waals surface area contributed by atoms with E-state index in [2.05, 4.69) is 5.32 Å². The molecule has 4 amide bonds. The van der Waals surface area contributed by atoms with Gasteiger partial charge in [-0.05, 0) is 53.6 Å². The van der Waals surface area contributed by atoms with Crippen LogP contribution < -0.4 is 19.7 Å². The number of barbiturate groups is 1. The number of carboxylic acid groups (broad SMARTS) is 1. The molecular formula is C26H20N2O7. The van der Waals surface area contributed by atoms with E-state index in [1.165, 1.54) is 37.5 Å². The van der Waals surface area contributed by atoms with Crippen molar-refractivity contribution in [1.29, 1.82) is 0 Å². The van der Waals surface area contributed by atoms with Crippen LogP contribution in [0.4, 0.5) is 10.5 Å². The summed E-state index contributed by atoms with van der Waals surface area (Å²) >= 11 is 0. The molecule has 0 saturated carbocycles. The number of carbonyl (C=O) groups excluding carboxylic acids is 3. The Hall–Kier alpha value is -4.92. The van der Waals surface area contributed by atoms with Crippen LogP contribution in [0, 0.1) is 0 Å². The number of nitrogens with zero attached hydrogens (tertiary/aromatic N) is 1. The number of imide groups is 2. The van der Waals surface area contributed by atoms with E-state index in [-0.39, 0.29) is 16.8 Å². The summed E-state index contributed by atoms with van der Waals surface area (Å²) in [6, 6.07) is 18.7. The van der Waals surface area contributed by atoms with Gasteiger partial charge in [-0.15, -0.1) is 0 Å². The molecule has 1 heterocycles. The first kappa shape index (κ1) is 23.2. The molecule has 3 aromatic rings. The summed E-state index contributed by atoms with van der Waals surface area (Å²) in [7, 11) is 1.47. The minimum atomic E-state index is -1.15. The molecule has 3 aromatic carbocycles. The van der Waals surface area contributed by atoms with Gasteiger partial charge in [-0.3, -0.25) is 14.9 Å². The Kier molecular flexibility index (Phi) is 6.59. The van der Waals surface area contributed by atoms with E-state index < -0.39 is 23.8 Å². The number of amides is 4. The van der Waals surface area contributed by atoms with Crippen molar-refractivity contribution >= 4 is 35.6 Å². The first-order valence-electron chi connectivity index (χ1n) is 10.5. The lowest BCUT2D eigenvalue weighted by atomic mass is 10.1. The molecule has 4 rings (SSSR count). The van der Waals surface area contributed by atoms with Crippen molar-refractivity contribution in [1.82, 2.24) is 5.32 Å². The monoisotopic (exact) mass is 472 g/mol. The van der Waals surface area contributed by atoms with Crippen molar-refractivity contribution in [2.75, 3.05) is 12.0 Å². The molecule has 0 aromatic heterocycles. The highest BCUT2D eigenvalue weighted by molar-refractivity contribution is 6.39. The van der Waals surface area contributed by atoms with Crippen molar-refractivity contribution in [2.24, 2.45) is 0 Å². The summed E-state index contributed by atoms with van der Waals surface area (Å²) < 4.78 is 11.2. The molecule has 0 unspecified atom stereocenters. The lowest BCUT2D eigenvalue weighted by Crippen LogP contribution is -2.54. The van der Waals surface area contributed by atoms with Gasteiger partial charge in [0.25, 0.3) is 11.8 Å². The average molecular weight is 472 g/mol. The minimum Gasteiger partial charge on any atom is -0.493 e. The zero-order chi connectivity index (χ0) is 24.9. The molecule has 9 heteroatoms. The fourth-order valence-electron chi connectivity index (χ4n) is 3.44. The topological polar surface area (TPSA) is 122 Å². The van der Waals surface area contributed by atoms with Gasteiger partial charge in [-0.25, -0.2) is 14.5 Å². The first-order chi connectivity index (χ1) is 16.9. The molecule has 1 aliphatic heterocycles. The quantitative estimate of drug-likeness (QED) is 0.398. The van der Waals surface area contributed by atoms with Crippen LogP contribution in [0.1, 0.15) is 21.5 Å². The van der Waals surface area contributed by atoms with Gasteiger partial charge >= 0.3 is 12.0 Å². The van der Waals surface area contributed by atoms with Crippen molar-refractivity contribution in [3.63, 3.8) is 0 Å². The Balaban J connectivity index is 1.59. The van der Waals surface area contributed by atoms with Crippen LogP contribution >= 0.6 is 0 Å². The van der Waals surface area contributed by atoms with Gasteiger partial charge in [-0.1, -0.05) is 36.4 Å². The van der Waals surface area contributed by atoms with E-state index in [0.717, 1.165) is 10.5 Å². The fraction of sp³-hybridized carbons (Fsp3) is 0.0769. The molecule has 1 fully saturated rings. The number of methoxy groups -OCH3 is 1. The minimum absolute atomic E-state index is 0.00729. The van der Waals surface area contributed by atoms with Crippen LogP contribution in [0.3, 0.4) is 0 Å². The van der Waals surface area contributed by atoms with Crippen molar-refractivity contribution in [2.45, 2.75) is 6.61 Å². The Morgan fingerprint density at radius 1 is 0.971 bits per heavy atom. The second kappa shape index (κ2) is 9.92. The largest absolute Gasteiger partial charge is 0.493 e. The Morgan fingerprint density at radius 2 is 1.69 bits per heavy atom. The molecule has 0 spiro atoms. The number of carbonyl (C=O) groups is 4. The molecule has 176 valence electrons. The second-order valence-electron chi connectivity index (χ2n) is 7.49. The molecule has 1 aliphatic rings. The van der Waals surface area contributed by atoms with Crippen LogP contribution in [-0.4, -0.2) is 36.0 Å². The SMILES string of the molecule is COc1cc(/C=C2\C(=O)NC(=O)N(c3ccc(C(=O)O)cc3)C2=O)ccc1OCc1ccccc1. The van der Waals surface area contributed by atoms with Gasteiger partial charge in [0.1, 0.15) is 12.2 Å². The van der Waals surface area contributed by atoms with E-state index >= 15 is 0 Å². The lowest BCUT2D eigenvalue weighted by Gasteiger charge is -2.26. The third kappa shape index (κ3) is 5.03. The predicted molar refractivity (Wildman–Crippen MR) is 126 cm³/mol. The Bertz CT molecular complexity index is 1330. The van der Waals surface area contributed by atoms with E-state index in [9.17, 15) is 19.2 Å². The predicted octanol–water partition coefficient (Wildman–Crippen LogP) is 3.64. The number of carboxylic acids is 1. The van der Waals surface area contributed by atoms with Crippen LogP contribution in [0.25, 0.3) is 6.08 Å². The first-order valence-corrected chi connectivity index (χ1v) is 10.5. The highest BCUT2D eigenvalue weighted by atomic mass is 16.5. The molecule has 0 bridgehead atoms. The van der Waals surface area contributed by atoms with Crippen molar-refractivity contribution in [3.8, 4) is 11.5 Å². The second-order valence-corrected chi connectivity index (χ2v) is 7.49. The van der Waals surface area contributed by atoms with Crippen LogP contribution in [0.2, 0.25) is 0 Å². The molecule has 2 N–H and O–H groups in total. The van der Waals surface area contributed by atoms with Crippen LogP contribution in [-0.2, 0) is 16.2 Å². The van der Waals surface area contributed by atoms with Crippen LogP contribution in [0.15, 0.2) is 78.4 Å². The van der Waals surface area contributed by atoms with Crippen molar-refractivity contribution < 1.29 is 33.8 Å². The number of benzene rings is 3. The third-order valence-corrected chi connectivity index (χ3v) is 5.21. The third-order valence-electron chi connectivity index (χ3n) is 5.21. The highest BCUT2D eigenvalue weighted by Gasteiger charge is 2.36. The van der Waals surface area contributed by atoms with Gasteiger partial charge in [0.05, 0.1) is 18.4 Å². The van der Waals surface area contributed by atoms with Gasteiger partial charge in [0, 0.05) is 0 Å². The van der Waals surface area contributed by atoms with Gasteiger partial charge < -0.3 is 14.6 Å². The lowest BCUT2D eigenvalue weighted by molar-refractivity contribution is -0.122. The van der Waals surface area contributed by atoms with E-state index in [1.807, 2.05) is 30.3 Å². The zero-order valence-electron chi connectivity index (χ0n) is 18.6. The van der Waals surface area contributed by atoms with Crippen LogP contribution in [0.5, 0.6) is 11.5 Å². The van der Waals surface area contributed by atoms with E-state index in [1.54, 1.807) is 18.2 Å². The molecule has 0 atom stereocenters. The van der Waals surface area contributed by atoms with Crippen molar-refractivity contribution in [3.05, 3.63) is 95.1 Å². The molecule has 0 aliphatic carbocycles. The van der Waals surface area contributed by atoms with Gasteiger partial charge in [-0.2, -0.15) is 0 Å².